The van der Waals surface area contributed by atoms with Crippen molar-refractivity contribution in [2.75, 3.05) is 30.5 Å². The minimum absolute atomic E-state index is 0.663. The fourth-order valence-corrected chi connectivity index (χ4v) is 2.69. The Morgan fingerprint density at radius 1 is 0.633 bits per heavy atom. The minimum Gasteiger partial charge on any atom is -0.486 e. The molecule has 2 aliphatic heterocycles. The fourth-order valence-electron chi connectivity index (χ4n) is 2.69. The first-order valence-corrected chi connectivity index (χ1v) is 11.6. The van der Waals surface area contributed by atoms with Crippen LogP contribution in [0.1, 0.15) is 72.1 Å². The number of ether oxygens (including phenoxy) is 2. The van der Waals surface area contributed by atoms with Crippen molar-refractivity contribution in [1.82, 2.24) is 0 Å². The van der Waals surface area contributed by atoms with Crippen LogP contribution in [0.15, 0.2) is 30.3 Å². The van der Waals surface area contributed by atoms with E-state index in [-0.39, 0.29) is 0 Å². The largest absolute Gasteiger partial charge is 0.486 e. The maximum absolute atomic E-state index is 5.59. The SMILES string of the molecule is CC.CC.CC.CC.Cc1cc(C)c2c(c1C)OCCO2.c1ccc2c(c1)NCN2. The van der Waals surface area contributed by atoms with E-state index in [9.17, 15) is 0 Å². The molecule has 4 heteroatoms. The summed E-state index contributed by atoms with van der Waals surface area (Å²) in [6.07, 6.45) is 0. The number of rotatable bonds is 0. The quantitative estimate of drug-likeness (QED) is 0.455. The van der Waals surface area contributed by atoms with E-state index in [1.807, 2.05) is 67.5 Å². The zero-order chi connectivity index (χ0) is 23.5. The number of para-hydroxylation sites is 2. The molecule has 2 N–H and O–H groups in total. The molecule has 0 bridgehead atoms. The Morgan fingerprint density at radius 3 is 1.53 bits per heavy atom. The number of aryl methyl sites for hydroxylation is 2. The Bertz CT molecular complexity index is 662. The Hall–Kier alpha value is -2.36. The fraction of sp³-hybridized carbons (Fsp3) is 0.538. The van der Waals surface area contributed by atoms with Gasteiger partial charge in [-0.25, -0.2) is 0 Å². The van der Waals surface area contributed by atoms with Crippen LogP contribution in [-0.4, -0.2) is 19.9 Å². The molecule has 0 atom stereocenters. The number of nitrogens with one attached hydrogen (secondary N) is 2. The second kappa shape index (κ2) is 18.7. The van der Waals surface area contributed by atoms with Crippen LogP contribution in [0.2, 0.25) is 0 Å². The zero-order valence-corrected chi connectivity index (χ0v) is 21.3. The molecule has 2 aliphatic rings. The lowest BCUT2D eigenvalue weighted by molar-refractivity contribution is 0.169. The molecule has 0 spiro atoms. The smallest absolute Gasteiger partial charge is 0.164 e. The maximum atomic E-state index is 5.59. The molecule has 2 heterocycles. The number of hydrogen-bond acceptors (Lipinski definition) is 4. The molecular formula is C26H46N2O2. The van der Waals surface area contributed by atoms with Gasteiger partial charge in [-0.2, -0.15) is 0 Å². The lowest BCUT2D eigenvalue weighted by atomic mass is 10.0. The van der Waals surface area contributed by atoms with Crippen molar-refractivity contribution in [1.29, 1.82) is 0 Å². The van der Waals surface area contributed by atoms with Crippen molar-refractivity contribution in [2.45, 2.75) is 76.2 Å². The Kier molecular flexibility index (Phi) is 18.6. The summed E-state index contributed by atoms with van der Waals surface area (Å²) in [6, 6.07) is 10.3. The summed E-state index contributed by atoms with van der Waals surface area (Å²) in [5, 5.41) is 6.38. The average Bonchev–Trinajstić information content (AvgIpc) is 3.32. The zero-order valence-electron chi connectivity index (χ0n) is 21.3. The van der Waals surface area contributed by atoms with Crippen molar-refractivity contribution >= 4 is 11.4 Å². The van der Waals surface area contributed by atoms with Crippen LogP contribution >= 0.6 is 0 Å². The van der Waals surface area contributed by atoms with Gasteiger partial charge in [0.1, 0.15) is 13.2 Å². The molecular weight excluding hydrogens is 372 g/mol. The van der Waals surface area contributed by atoms with Crippen LogP contribution in [0.5, 0.6) is 11.5 Å². The minimum atomic E-state index is 0.663. The molecule has 0 amide bonds. The lowest BCUT2D eigenvalue weighted by Crippen LogP contribution is -2.17. The van der Waals surface area contributed by atoms with Crippen molar-refractivity contribution in [3.63, 3.8) is 0 Å². The van der Waals surface area contributed by atoms with Gasteiger partial charge in [0, 0.05) is 0 Å². The summed E-state index contributed by atoms with van der Waals surface area (Å²) < 4.78 is 11.2. The van der Waals surface area contributed by atoms with E-state index in [1.54, 1.807) is 0 Å². The first-order chi connectivity index (χ1) is 14.7. The molecule has 0 unspecified atom stereocenters. The summed E-state index contributed by atoms with van der Waals surface area (Å²) in [7, 11) is 0. The predicted octanol–water partition coefficient (Wildman–Crippen LogP) is 7.97. The molecule has 0 radical (unpaired) electrons. The third-order valence-electron chi connectivity index (χ3n) is 3.99. The summed E-state index contributed by atoms with van der Waals surface area (Å²) in [5.74, 6) is 1.86. The van der Waals surface area contributed by atoms with Crippen LogP contribution < -0.4 is 20.1 Å². The van der Waals surface area contributed by atoms with E-state index in [1.165, 1.54) is 22.5 Å². The molecule has 0 aromatic heterocycles. The van der Waals surface area contributed by atoms with Crippen LogP contribution in [0, 0.1) is 20.8 Å². The second-order valence-corrected chi connectivity index (χ2v) is 5.57. The molecule has 0 saturated carbocycles. The van der Waals surface area contributed by atoms with Gasteiger partial charge in [0.05, 0.1) is 18.0 Å². The lowest BCUT2D eigenvalue weighted by Gasteiger charge is -2.22. The van der Waals surface area contributed by atoms with Gasteiger partial charge < -0.3 is 20.1 Å². The Morgan fingerprint density at radius 2 is 1.07 bits per heavy atom. The number of hydrogen-bond donors (Lipinski definition) is 2. The molecule has 172 valence electrons. The molecule has 2 aromatic rings. The van der Waals surface area contributed by atoms with E-state index in [0.29, 0.717) is 13.2 Å². The molecule has 0 saturated heterocycles. The second-order valence-electron chi connectivity index (χ2n) is 5.57. The first-order valence-electron chi connectivity index (χ1n) is 11.6. The van der Waals surface area contributed by atoms with Gasteiger partial charge in [0.15, 0.2) is 11.5 Å². The maximum Gasteiger partial charge on any atom is 0.164 e. The monoisotopic (exact) mass is 418 g/mol. The highest BCUT2D eigenvalue weighted by atomic mass is 16.6. The summed E-state index contributed by atoms with van der Waals surface area (Å²) in [6.45, 7) is 24.4. The van der Waals surface area contributed by atoms with Crippen LogP contribution in [0.3, 0.4) is 0 Å². The Balaban J connectivity index is 0. The number of fused-ring (bicyclic) bond motifs is 2. The van der Waals surface area contributed by atoms with Crippen molar-refractivity contribution in [3.8, 4) is 11.5 Å². The van der Waals surface area contributed by atoms with Crippen LogP contribution in [-0.2, 0) is 0 Å². The van der Waals surface area contributed by atoms with Gasteiger partial charge in [-0.3, -0.25) is 0 Å². The topological polar surface area (TPSA) is 42.5 Å². The van der Waals surface area contributed by atoms with E-state index in [2.05, 4.69) is 49.6 Å². The van der Waals surface area contributed by atoms with Crippen LogP contribution in [0.4, 0.5) is 11.4 Å². The highest BCUT2D eigenvalue weighted by molar-refractivity contribution is 5.72. The number of benzene rings is 2. The third kappa shape index (κ3) is 8.98. The summed E-state index contributed by atoms with van der Waals surface area (Å²) in [5.41, 5.74) is 6.04. The highest BCUT2D eigenvalue weighted by Gasteiger charge is 2.17. The van der Waals surface area contributed by atoms with E-state index in [4.69, 9.17) is 9.47 Å². The van der Waals surface area contributed by atoms with E-state index < -0.39 is 0 Å². The Labute approximate surface area is 186 Å². The molecule has 0 aliphatic carbocycles. The van der Waals surface area contributed by atoms with Crippen LogP contribution in [0.25, 0.3) is 0 Å². The van der Waals surface area contributed by atoms with Gasteiger partial charge >= 0.3 is 0 Å². The van der Waals surface area contributed by atoms with Gasteiger partial charge in [-0.15, -0.1) is 0 Å². The van der Waals surface area contributed by atoms with Crippen molar-refractivity contribution < 1.29 is 9.47 Å². The summed E-state index contributed by atoms with van der Waals surface area (Å²) in [4.78, 5) is 0. The molecule has 0 fully saturated rings. The first kappa shape index (κ1) is 29.8. The molecule has 4 rings (SSSR count). The average molecular weight is 419 g/mol. The summed E-state index contributed by atoms with van der Waals surface area (Å²) >= 11 is 0. The van der Waals surface area contributed by atoms with E-state index >= 15 is 0 Å². The normalized spacial score (nSPS) is 11.2. The van der Waals surface area contributed by atoms with Gasteiger partial charge in [-0.1, -0.05) is 73.6 Å². The van der Waals surface area contributed by atoms with E-state index in [0.717, 1.165) is 23.7 Å². The van der Waals surface area contributed by atoms with Crippen molar-refractivity contribution in [3.05, 3.63) is 47.0 Å². The number of anilines is 2. The molecule has 2 aromatic carbocycles. The van der Waals surface area contributed by atoms with Gasteiger partial charge in [0.25, 0.3) is 0 Å². The third-order valence-corrected chi connectivity index (χ3v) is 3.99. The predicted molar refractivity (Wildman–Crippen MR) is 136 cm³/mol. The molecule has 30 heavy (non-hydrogen) atoms. The van der Waals surface area contributed by atoms with Crippen molar-refractivity contribution in [2.24, 2.45) is 0 Å². The molecule has 4 nitrogen and oxygen atoms in total. The standard InChI is InChI=1S/C11H14O2.C7H8N2.4C2H6/c1-7-6-8(2)10-11(9(7)3)13-5-4-12-10;1-2-4-7-6(3-1)8-5-9-7;4*1-2/h6H,4-5H2,1-3H3;1-4,8-9H,5H2;4*1-2H3. The van der Waals surface area contributed by atoms with Gasteiger partial charge in [0.2, 0.25) is 0 Å². The van der Waals surface area contributed by atoms with Gasteiger partial charge in [-0.05, 0) is 49.6 Å². The highest BCUT2D eigenvalue weighted by Crippen LogP contribution is 2.38.